The molecule has 0 aliphatic carbocycles. The number of ether oxygens (including phenoxy) is 1. The van der Waals surface area contributed by atoms with Gasteiger partial charge in [-0.3, -0.25) is 13.9 Å². The van der Waals surface area contributed by atoms with Gasteiger partial charge in [0.25, 0.3) is 0 Å². The Morgan fingerprint density at radius 1 is 0.844 bits per heavy atom. The lowest BCUT2D eigenvalue weighted by atomic mass is 10.0. The zero-order valence-corrected chi connectivity index (χ0v) is 26.3. The Hall–Kier alpha value is -4.70. The van der Waals surface area contributed by atoms with E-state index in [1.807, 2.05) is 67.6 Å². The summed E-state index contributed by atoms with van der Waals surface area (Å²) in [5, 5.41) is 2.86. The largest absolute Gasteiger partial charge is 0.489 e. The zero-order chi connectivity index (χ0) is 32.2. The first-order chi connectivity index (χ1) is 21.7. The van der Waals surface area contributed by atoms with Gasteiger partial charge in [0.1, 0.15) is 30.8 Å². The molecule has 4 aromatic carbocycles. The van der Waals surface area contributed by atoms with E-state index in [-0.39, 0.29) is 24.2 Å². The van der Waals surface area contributed by atoms with Crippen LogP contribution in [0.2, 0.25) is 0 Å². The summed E-state index contributed by atoms with van der Waals surface area (Å²) >= 11 is 0. The molecule has 2 amide bonds. The van der Waals surface area contributed by atoms with Crippen LogP contribution < -0.4 is 14.4 Å². The number of hydrogen-bond acceptors (Lipinski definition) is 5. The SMILES string of the molecule is CCCNC(=O)[C@H](Cc1ccccc1)N(Cc1ccccc1F)C(=O)CN(c1ccc(OCc2ccccc2)cc1)S(C)(=O)=O. The summed E-state index contributed by atoms with van der Waals surface area (Å²) in [5.74, 6) is -1.07. The Morgan fingerprint density at radius 3 is 2.04 bits per heavy atom. The molecule has 0 fully saturated rings. The second-order valence-electron chi connectivity index (χ2n) is 10.6. The number of nitrogens with zero attached hydrogens (tertiary/aromatic N) is 2. The molecule has 0 heterocycles. The monoisotopic (exact) mass is 631 g/mol. The second kappa shape index (κ2) is 15.9. The van der Waals surface area contributed by atoms with E-state index in [0.29, 0.717) is 25.3 Å². The number of rotatable bonds is 15. The lowest BCUT2D eigenvalue weighted by molar-refractivity contribution is -0.140. The number of nitrogens with one attached hydrogen (secondary N) is 1. The van der Waals surface area contributed by atoms with Crippen molar-refractivity contribution in [1.29, 1.82) is 0 Å². The van der Waals surface area contributed by atoms with Crippen molar-refractivity contribution >= 4 is 27.5 Å². The molecule has 236 valence electrons. The number of halogens is 1. The Kier molecular flexibility index (Phi) is 11.7. The average molecular weight is 632 g/mol. The highest BCUT2D eigenvalue weighted by Crippen LogP contribution is 2.24. The van der Waals surface area contributed by atoms with Crippen LogP contribution in [0.3, 0.4) is 0 Å². The number of anilines is 1. The van der Waals surface area contributed by atoms with Crippen molar-refractivity contribution in [2.24, 2.45) is 0 Å². The molecule has 4 rings (SSSR count). The van der Waals surface area contributed by atoms with Gasteiger partial charge in [0, 0.05) is 25.1 Å². The number of hydrogen-bond donors (Lipinski definition) is 1. The molecule has 0 aliphatic heterocycles. The molecule has 0 bridgehead atoms. The molecule has 0 radical (unpaired) electrons. The van der Waals surface area contributed by atoms with Crippen LogP contribution in [-0.2, 0) is 39.2 Å². The predicted octanol–water partition coefficient (Wildman–Crippen LogP) is 5.34. The molecule has 0 unspecified atom stereocenters. The maximum absolute atomic E-state index is 14.9. The van der Waals surface area contributed by atoms with Gasteiger partial charge in [-0.1, -0.05) is 85.8 Å². The van der Waals surface area contributed by atoms with E-state index >= 15 is 0 Å². The van der Waals surface area contributed by atoms with E-state index in [2.05, 4.69) is 5.32 Å². The molecule has 4 aromatic rings. The maximum Gasteiger partial charge on any atom is 0.244 e. The number of amides is 2. The summed E-state index contributed by atoms with van der Waals surface area (Å²) in [4.78, 5) is 28.9. The molecular weight excluding hydrogens is 593 g/mol. The van der Waals surface area contributed by atoms with Crippen LogP contribution in [-0.4, -0.2) is 50.5 Å². The van der Waals surface area contributed by atoms with Gasteiger partial charge in [-0.25, -0.2) is 12.8 Å². The Balaban J connectivity index is 1.64. The summed E-state index contributed by atoms with van der Waals surface area (Å²) in [6.07, 6.45) is 1.84. The number of benzene rings is 4. The van der Waals surface area contributed by atoms with Gasteiger partial charge in [0.2, 0.25) is 21.8 Å². The van der Waals surface area contributed by atoms with Gasteiger partial charge >= 0.3 is 0 Å². The normalized spacial score (nSPS) is 11.8. The lowest BCUT2D eigenvalue weighted by Gasteiger charge is -2.33. The first-order valence-corrected chi connectivity index (χ1v) is 16.6. The molecular formula is C35H38FN3O5S. The van der Waals surface area contributed by atoms with Crippen LogP contribution in [0.25, 0.3) is 0 Å². The Morgan fingerprint density at radius 2 is 1.44 bits per heavy atom. The van der Waals surface area contributed by atoms with Crippen LogP contribution >= 0.6 is 0 Å². The molecule has 8 nitrogen and oxygen atoms in total. The molecule has 1 N–H and O–H groups in total. The molecule has 10 heteroatoms. The van der Waals surface area contributed by atoms with Crippen LogP contribution in [0.1, 0.15) is 30.0 Å². The van der Waals surface area contributed by atoms with Gasteiger partial charge in [0.05, 0.1) is 11.9 Å². The fraction of sp³-hybridized carbons (Fsp3) is 0.257. The Labute approximate surface area is 264 Å². The lowest BCUT2D eigenvalue weighted by Crippen LogP contribution is -2.53. The van der Waals surface area contributed by atoms with Gasteiger partial charge in [0.15, 0.2) is 0 Å². The minimum atomic E-state index is -3.94. The molecule has 0 aromatic heterocycles. The van der Waals surface area contributed by atoms with Crippen molar-refractivity contribution in [2.75, 3.05) is 23.7 Å². The first kappa shape index (κ1) is 33.2. The van der Waals surface area contributed by atoms with E-state index in [0.717, 1.165) is 21.7 Å². The quantitative estimate of drug-likeness (QED) is 0.191. The zero-order valence-electron chi connectivity index (χ0n) is 25.4. The van der Waals surface area contributed by atoms with Crippen LogP contribution in [0, 0.1) is 5.82 Å². The predicted molar refractivity (Wildman–Crippen MR) is 174 cm³/mol. The average Bonchev–Trinajstić information content (AvgIpc) is 3.04. The molecule has 1 atom stereocenters. The molecule has 45 heavy (non-hydrogen) atoms. The smallest absolute Gasteiger partial charge is 0.244 e. The minimum absolute atomic E-state index is 0.156. The van der Waals surface area contributed by atoms with Gasteiger partial charge in [-0.15, -0.1) is 0 Å². The van der Waals surface area contributed by atoms with Crippen LogP contribution in [0.4, 0.5) is 10.1 Å². The third-order valence-electron chi connectivity index (χ3n) is 7.17. The van der Waals surface area contributed by atoms with E-state index in [1.165, 1.54) is 11.0 Å². The van der Waals surface area contributed by atoms with Crippen molar-refractivity contribution < 1.29 is 27.1 Å². The third kappa shape index (κ3) is 9.64. The second-order valence-corrected chi connectivity index (χ2v) is 12.6. The molecule has 0 aliphatic rings. The fourth-order valence-electron chi connectivity index (χ4n) is 4.79. The highest BCUT2D eigenvalue weighted by Gasteiger charge is 2.33. The minimum Gasteiger partial charge on any atom is -0.489 e. The Bertz CT molecular complexity index is 1650. The third-order valence-corrected chi connectivity index (χ3v) is 8.31. The molecule has 0 saturated carbocycles. The maximum atomic E-state index is 14.9. The van der Waals surface area contributed by atoms with Gasteiger partial charge in [-0.05, 0) is 47.9 Å². The van der Waals surface area contributed by atoms with Crippen molar-refractivity contribution in [3.63, 3.8) is 0 Å². The van der Waals surface area contributed by atoms with Crippen LogP contribution in [0.15, 0.2) is 109 Å². The summed E-state index contributed by atoms with van der Waals surface area (Å²) in [7, 11) is -3.94. The summed E-state index contributed by atoms with van der Waals surface area (Å²) in [5.41, 5.74) is 2.23. The number of sulfonamides is 1. The van der Waals surface area contributed by atoms with Crippen LogP contribution in [0.5, 0.6) is 5.75 Å². The molecule has 0 saturated heterocycles. The van der Waals surface area contributed by atoms with E-state index < -0.39 is 40.2 Å². The highest BCUT2D eigenvalue weighted by atomic mass is 32.2. The van der Waals surface area contributed by atoms with E-state index in [1.54, 1.807) is 42.5 Å². The van der Waals surface area contributed by atoms with Crippen molar-refractivity contribution in [3.8, 4) is 5.75 Å². The summed E-state index contributed by atoms with van der Waals surface area (Å²) < 4.78 is 47.7. The molecule has 0 spiro atoms. The summed E-state index contributed by atoms with van der Waals surface area (Å²) in [6.45, 7) is 1.81. The van der Waals surface area contributed by atoms with Crippen molar-refractivity contribution in [1.82, 2.24) is 10.2 Å². The van der Waals surface area contributed by atoms with Gasteiger partial charge < -0.3 is 15.0 Å². The van der Waals surface area contributed by atoms with Crippen molar-refractivity contribution in [3.05, 3.63) is 132 Å². The highest BCUT2D eigenvalue weighted by molar-refractivity contribution is 7.92. The van der Waals surface area contributed by atoms with E-state index in [9.17, 15) is 22.4 Å². The number of carbonyl (C=O) groups excluding carboxylic acids is 2. The summed E-state index contributed by atoms with van der Waals surface area (Å²) in [6, 6.07) is 30.2. The first-order valence-electron chi connectivity index (χ1n) is 14.7. The standard InChI is InChI=1S/C35H38FN3O5S/c1-3-22-37-35(41)33(23-27-12-6-4-7-13-27)38(24-29-16-10-11-17-32(29)36)34(40)25-39(45(2,42)43)30-18-20-31(21-19-30)44-26-28-14-8-5-9-15-28/h4-21,33H,3,22-26H2,1-2H3,(H,37,41)/t33-/m0/s1. The topological polar surface area (TPSA) is 96.0 Å². The van der Waals surface area contributed by atoms with Crippen molar-refractivity contribution in [2.45, 2.75) is 39.0 Å². The fourth-order valence-corrected chi connectivity index (χ4v) is 5.64. The van der Waals surface area contributed by atoms with Gasteiger partial charge in [-0.2, -0.15) is 0 Å². The number of carbonyl (C=O) groups is 2. The van der Waals surface area contributed by atoms with E-state index in [4.69, 9.17) is 4.74 Å².